The number of carbonyl (C=O) groups is 1. The Kier molecular flexibility index (Phi) is 3.22. The molecule has 8 heteroatoms. The van der Waals surface area contributed by atoms with Crippen molar-refractivity contribution in [3.05, 3.63) is 31.0 Å². The van der Waals surface area contributed by atoms with Gasteiger partial charge in [0.15, 0.2) is 5.65 Å². The summed E-state index contributed by atoms with van der Waals surface area (Å²) in [5, 5.41) is 11.5. The van der Waals surface area contributed by atoms with Gasteiger partial charge in [0, 0.05) is 62.8 Å². The summed E-state index contributed by atoms with van der Waals surface area (Å²) in [6, 6.07) is 0. The molecule has 0 radical (unpaired) electrons. The second-order valence-electron chi connectivity index (χ2n) is 5.63. The molecule has 4 rings (SSSR count). The van der Waals surface area contributed by atoms with Crippen LogP contribution in [0.2, 0.25) is 0 Å². The zero-order valence-corrected chi connectivity index (χ0v) is 12.8. The van der Waals surface area contributed by atoms with Crippen LogP contribution in [0.3, 0.4) is 0 Å². The van der Waals surface area contributed by atoms with Gasteiger partial charge in [-0.05, 0) is 0 Å². The number of anilines is 1. The van der Waals surface area contributed by atoms with Crippen LogP contribution in [-0.4, -0.2) is 49.9 Å². The summed E-state index contributed by atoms with van der Waals surface area (Å²) in [7, 11) is 1.89. The highest BCUT2D eigenvalue weighted by Crippen LogP contribution is 2.23. The summed E-state index contributed by atoms with van der Waals surface area (Å²) in [4.78, 5) is 18.2. The number of nitrogens with zero attached hydrogens (tertiary/aromatic N) is 6. The summed E-state index contributed by atoms with van der Waals surface area (Å²) in [5.74, 6) is 0.0933. The van der Waals surface area contributed by atoms with Crippen LogP contribution in [0, 0.1) is 0 Å². The fraction of sp³-hybridized carbons (Fsp3) is 0.333. The predicted octanol–water partition coefficient (Wildman–Crippen LogP) is 0.456. The van der Waals surface area contributed by atoms with Crippen LogP contribution in [0.4, 0.5) is 5.69 Å². The van der Waals surface area contributed by atoms with E-state index < -0.39 is 0 Å². The van der Waals surface area contributed by atoms with Crippen LogP contribution in [0.5, 0.6) is 0 Å². The molecule has 0 atom stereocenters. The maximum Gasteiger partial charge on any atom is 0.221 e. The van der Waals surface area contributed by atoms with Crippen LogP contribution < -0.4 is 10.2 Å². The number of aromatic nitrogens is 5. The fourth-order valence-corrected chi connectivity index (χ4v) is 2.81. The minimum absolute atomic E-state index is 0.0933. The number of hydrogen-bond acceptors (Lipinski definition) is 5. The molecule has 0 aromatic carbocycles. The van der Waals surface area contributed by atoms with Crippen molar-refractivity contribution in [1.29, 1.82) is 0 Å². The first-order chi connectivity index (χ1) is 11.2. The van der Waals surface area contributed by atoms with Crippen molar-refractivity contribution in [3.8, 4) is 11.1 Å². The average Bonchev–Trinajstić information content (AvgIpc) is 3.10. The summed E-state index contributed by atoms with van der Waals surface area (Å²) >= 11 is 0. The highest BCUT2D eigenvalue weighted by molar-refractivity contribution is 5.78. The van der Waals surface area contributed by atoms with Gasteiger partial charge in [-0.2, -0.15) is 10.2 Å². The number of aryl methyl sites for hydroxylation is 1. The average molecular weight is 311 g/mol. The Morgan fingerprint density at radius 3 is 2.78 bits per heavy atom. The molecule has 0 aliphatic carbocycles. The Labute approximate surface area is 132 Å². The molecule has 0 saturated carbocycles. The molecule has 1 N–H and O–H groups in total. The van der Waals surface area contributed by atoms with Gasteiger partial charge in [0.05, 0.1) is 12.4 Å². The minimum Gasteiger partial charge on any atom is -0.365 e. The van der Waals surface area contributed by atoms with Crippen molar-refractivity contribution < 1.29 is 4.79 Å². The Morgan fingerprint density at radius 2 is 1.96 bits per heavy atom. The fourth-order valence-electron chi connectivity index (χ4n) is 2.81. The third kappa shape index (κ3) is 2.52. The number of fused-ring (bicyclic) bond motifs is 1. The molecule has 1 amide bonds. The van der Waals surface area contributed by atoms with Crippen LogP contribution in [0.1, 0.15) is 6.42 Å². The van der Waals surface area contributed by atoms with Gasteiger partial charge in [-0.3, -0.25) is 9.48 Å². The number of rotatable bonds is 2. The van der Waals surface area contributed by atoms with Crippen molar-refractivity contribution in [1.82, 2.24) is 29.7 Å². The van der Waals surface area contributed by atoms with Gasteiger partial charge in [-0.1, -0.05) is 0 Å². The molecule has 8 nitrogen and oxygen atoms in total. The van der Waals surface area contributed by atoms with E-state index in [1.807, 2.05) is 31.8 Å². The SMILES string of the molecule is Cn1cc(-c2cnc3c(N4CCNC(=O)CC4)cnn3c2)cn1. The number of hydrogen-bond donors (Lipinski definition) is 1. The number of nitrogens with one attached hydrogen (secondary N) is 1. The van der Waals surface area contributed by atoms with E-state index >= 15 is 0 Å². The van der Waals surface area contributed by atoms with E-state index in [4.69, 9.17) is 0 Å². The highest BCUT2D eigenvalue weighted by Gasteiger charge is 2.18. The topological polar surface area (TPSA) is 80.4 Å². The van der Waals surface area contributed by atoms with Crippen molar-refractivity contribution >= 4 is 17.2 Å². The monoisotopic (exact) mass is 311 g/mol. The molecule has 1 aliphatic heterocycles. The predicted molar refractivity (Wildman–Crippen MR) is 85.0 cm³/mol. The second kappa shape index (κ2) is 5.38. The first-order valence-electron chi connectivity index (χ1n) is 7.55. The van der Waals surface area contributed by atoms with Crippen LogP contribution in [-0.2, 0) is 11.8 Å². The Balaban J connectivity index is 1.68. The van der Waals surface area contributed by atoms with E-state index in [1.54, 1.807) is 15.4 Å². The second-order valence-corrected chi connectivity index (χ2v) is 5.63. The first kappa shape index (κ1) is 13.7. The standard InChI is InChI=1S/C15H17N7O/c1-20-9-12(7-18-20)11-6-17-15-13(8-19-22(15)10-11)21-4-2-14(23)16-3-5-21/h6-10H,2-5H2,1H3,(H,16,23). The molecule has 1 fully saturated rings. The van der Waals surface area contributed by atoms with E-state index in [0.29, 0.717) is 19.5 Å². The molecule has 3 aromatic heterocycles. The quantitative estimate of drug-likeness (QED) is 0.743. The van der Waals surface area contributed by atoms with Crippen LogP contribution in [0.15, 0.2) is 31.0 Å². The Hall–Kier alpha value is -2.90. The number of amides is 1. The van der Waals surface area contributed by atoms with E-state index in [2.05, 4.69) is 25.4 Å². The van der Waals surface area contributed by atoms with Gasteiger partial charge in [-0.25, -0.2) is 9.50 Å². The summed E-state index contributed by atoms with van der Waals surface area (Å²) in [6.07, 6.45) is 9.83. The van der Waals surface area contributed by atoms with Gasteiger partial charge in [-0.15, -0.1) is 0 Å². The van der Waals surface area contributed by atoms with Gasteiger partial charge in [0.2, 0.25) is 5.91 Å². The van der Waals surface area contributed by atoms with Crippen molar-refractivity contribution in [2.45, 2.75) is 6.42 Å². The van der Waals surface area contributed by atoms with Crippen molar-refractivity contribution in [2.75, 3.05) is 24.5 Å². The molecule has 1 saturated heterocycles. The van der Waals surface area contributed by atoms with Crippen molar-refractivity contribution in [2.24, 2.45) is 7.05 Å². The molecule has 0 unspecified atom stereocenters. The first-order valence-corrected chi connectivity index (χ1v) is 7.55. The van der Waals surface area contributed by atoms with Crippen molar-refractivity contribution in [3.63, 3.8) is 0 Å². The highest BCUT2D eigenvalue weighted by atomic mass is 16.1. The lowest BCUT2D eigenvalue weighted by Gasteiger charge is -2.19. The minimum atomic E-state index is 0.0933. The number of carbonyl (C=O) groups excluding carboxylic acids is 1. The molecule has 23 heavy (non-hydrogen) atoms. The molecular formula is C15H17N7O. The smallest absolute Gasteiger partial charge is 0.221 e. The maximum absolute atomic E-state index is 11.5. The van der Waals surface area contributed by atoms with Gasteiger partial charge >= 0.3 is 0 Å². The zero-order valence-electron chi connectivity index (χ0n) is 12.8. The lowest BCUT2D eigenvalue weighted by molar-refractivity contribution is -0.120. The third-order valence-corrected chi connectivity index (χ3v) is 4.03. The molecular weight excluding hydrogens is 294 g/mol. The molecule has 0 spiro atoms. The van der Waals surface area contributed by atoms with E-state index in [9.17, 15) is 4.79 Å². The third-order valence-electron chi connectivity index (χ3n) is 4.03. The lowest BCUT2D eigenvalue weighted by atomic mass is 10.2. The van der Waals surface area contributed by atoms with Gasteiger partial charge < -0.3 is 10.2 Å². The normalized spacial score (nSPS) is 15.7. The van der Waals surface area contributed by atoms with Gasteiger partial charge in [0.1, 0.15) is 5.69 Å². The van der Waals surface area contributed by atoms with Crippen LogP contribution >= 0.6 is 0 Å². The maximum atomic E-state index is 11.5. The zero-order chi connectivity index (χ0) is 15.8. The van der Waals surface area contributed by atoms with E-state index in [0.717, 1.165) is 29.0 Å². The summed E-state index contributed by atoms with van der Waals surface area (Å²) < 4.78 is 3.53. The molecule has 4 heterocycles. The Bertz CT molecular complexity index is 866. The molecule has 118 valence electrons. The van der Waals surface area contributed by atoms with E-state index in [1.165, 1.54) is 0 Å². The lowest BCUT2D eigenvalue weighted by Crippen LogP contribution is -2.28. The summed E-state index contributed by atoms with van der Waals surface area (Å²) in [6.45, 7) is 2.09. The Morgan fingerprint density at radius 1 is 1.09 bits per heavy atom. The molecule has 3 aromatic rings. The molecule has 0 bridgehead atoms. The largest absolute Gasteiger partial charge is 0.365 e. The van der Waals surface area contributed by atoms with E-state index in [-0.39, 0.29) is 5.91 Å². The summed E-state index contributed by atoms with van der Waals surface area (Å²) in [5.41, 5.74) is 3.72. The van der Waals surface area contributed by atoms with Gasteiger partial charge in [0.25, 0.3) is 0 Å². The molecule has 1 aliphatic rings. The van der Waals surface area contributed by atoms with Crippen LogP contribution in [0.25, 0.3) is 16.8 Å².